The number of aliphatic imine (C=N–C) groups is 1. The van der Waals surface area contributed by atoms with E-state index in [9.17, 15) is 0 Å². The summed E-state index contributed by atoms with van der Waals surface area (Å²) >= 11 is 0. The first-order valence-electron chi connectivity index (χ1n) is 9.46. The second-order valence-electron chi connectivity index (χ2n) is 6.70. The molecule has 0 saturated carbocycles. The second kappa shape index (κ2) is 15.0. The first-order valence-corrected chi connectivity index (χ1v) is 9.46. The van der Waals surface area contributed by atoms with Gasteiger partial charge >= 0.3 is 0 Å². The molecule has 0 atom stereocenters. The largest absolute Gasteiger partial charge is 0.356 e. The summed E-state index contributed by atoms with van der Waals surface area (Å²) in [5, 5.41) is 3.54. The molecule has 0 spiro atoms. The van der Waals surface area contributed by atoms with Crippen molar-refractivity contribution in [3.63, 3.8) is 0 Å². The maximum atomic E-state index is 4.42. The average Bonchev–Trinajstić information content (AvgIpc) is 2.59. The Morgan fingerprint density at radius 2 is 2.00 bits per heavy atom. The van der Waals surface area contributed by atoms with Crippen molar-refractivity contribution in [2.45, 2.75) is 51.9 Å². The van der Waals surface area contributed by atoms with Gasteiger partial charge in [0.15, 0.2) is 5.96 Å². The predicted molar refractivity (Wildman–Crippen MR) is 118 cm³/mol. The fourth-order valence-corrected chi connectivity index (χ4v) is 3.28. The van der Waals surface area contributed by atoms with Gasteiger partial charge in [-0.2, -0.15) is 0 Å². The summed E-state index contributed by atoms with van der Waals surface area (Å²) in [5.74, 6) is 1.92. The van der Waals surface area contributed by atoms with Crippen LogP contribution in [0.2, 0.25) is 0 Å². The Bertz CT molecular complexity index is 338. The molecule has 1 saturated heterocycles. The highest BCUT2D eigenvalue weighted by Gasteiger charge is 2.17. The molecular weight excluding hydrogens is 411 g/mol. The molecule has 1 aliphatic rings. The van der Waals surface area contributed by atoms with Gasteiger partial charge in [0, 0.05) is 27.2 Å². The Labute approximate surface area is 167 Å². The maximum absolute atomic E-state index is 4.42. The van der Waals surface area contributed by atoms with Crippen molar-refractivity contribution in [2.75, 3.05) is 46.8 Å². The van der Waals surface area contributed by atoms with Crippen LogP contribution in [0.3, 0.4) is 0 Å². The summed E-state index contributed by atoms with van der Waals surface area (Å²) in [6.45, 7) is 11.9. The van der Waals surface area contributed by atoms with E-state index in [1.165, 1.54) is 58.2 Å². The van der Waals surface area contributed by atoms with E-state index in [2.05, 4.69) is 40.7 Å². The lowest BCUT2D eigenvalue weighted by molar-refractivity contribution is 0.187. The SMILES string of the molecule is C=CCCCCCN(C)C(=NC)NCCC1CCN(CC)CC1.I. The summed E-state index contributed by atoms with van der Waals surface area (Å²) in [4.78, 5) is 9.23. The van der Waals surface area contributed by atoms with Crippen molar-refractivity contribution >= 4 is 29.9 Å². The number of nitrogens with zero attached hydrogens (tertiary/aromatic N) is 3. The van der Waals surface area contributed by atoms with Crippen molar-refractivity contribution in [3.8, 4) is 0 Å². The summed E-state index contributed by atoms with van der Waals surface area (Å²) in [7, 11) is 4.03. The Hall–Kier alpha value is -0.300. The van der Waals surface area contributed by atoms with Gasteiger partial charge in [-0.1, -0.05) is 19.4 Å². The molecule has 0 bridgehead atoms. The van der Waals surface area contributed by atoms with Crippen LogP contribution in [0, 0.1) is 5.92 Å². The van der Waals surface area contributed by atoms with Crippen LogP contribution >= 0.6 is 24.0 Å². The Kier molecular flexibility index (Phi) is 14.8. The molecule has 1 aliphatic heterocycles. The van der Waals surface area contributed by atoms with Crippen LogP contribution in [0.25, 0.3) is 0 Å². The number of likely N-dealkylation sites (tertiary alicyclic amines) is 1. The van der Waals surface area contributed by atoms with E-state index in [0.717, 1.165) is 31.4 Å². The quantitative estimate of drug-likeness (QED) is 0.180. The number of hydrogen-bond acceptors (Lipinski definition) is 2. The fourth-order valence-electron chi connectivity index (χ4n) is 3.28. The van der Waals surface area contributed by atoms with E-state index in [4.69, 9.17) is 0 Å². The number of allylic oxidation sites excluding steroid dienone is 1. The highest BCUT2D eigenvalue weighted by Crippen LogP contribution is 2.19. The van der Waals surface area contributed by atoms with Crippen LogP contribution in [-0.2, 0) is 0 Å². The molecule has 0 aromatic rings. The van der Waals surface area contributed by atoms with E-state index >= 15 is 0 Å². The van der Waals surface area contributed by atoms with Crippen molar-refractivity contribution in [2.24, 2.45) is 10.9 Å². The van der Waals surface area contributed by atoms with Gasteiger partial charge in [-0.3, -0.25) is 4.99 Å². The van der Waals surface area contributed by atoms with Gasteiger partial charge in [-0.25, -0.2) is 0 Å². The lowest BCUT2D eigenvalue weighted by Crippen LogP contribution is -2.41. The molecule has 1 heterocycles. The monoisotopic (exact) mass is 450 g/mol. The zero-order valence-electron chi connectivity index (χ0n) is 16.1. The topological polar surface area (TPSA) is 30.9 Å². The van der Waals surface area contributed by atoms with Crippen LogP contribution < -0.4 is 5.32 Å². The fraction of sp³-hybridized carbons (Fsp3) is 0.842. The van der Waals surface area contributed by atoms with Gasteiger partial charge < -0.3 is 15.1 Å². The highest BCUT2D eigenvalue weighted by atomic mass is 127. The van der Waals surface area contributed by atoms with Crippen molar-refractivity contribution in [1.82, 2.24) is 15.1 Å². The first-order chi connectivity index (χ1) is 11.2. The van der Waals surface area contributed by atoms with E-state index < -0.39 is 0 Å². The Morgan fingerprint density at radius 1 is 1.29 bits per heavy atom. The Morgan fingerprint density at radius 3 is 2.58 bits per heavy atom. The number of guanidine groups is 1. The van der Waals surface area contributed by atoms with E-state index in [0.29, 0.717) is 0 Å². The summed E-state index contributed by atoms with van der Waals surface area (Å²) in [6.07, 6.45) is 10.9. The number of halogens is 1. The third-order valence-corrected chi connectivity index (χ3v) is 4.97. The molecule has 1 rings (SSSR count). The van der Waals surface area contributed by atoms with Crippen LogP contribution in [0.5, 0.6) is 0 Å². The molecule has 24 heavy (non-hydrogen) atoms. The number of unbranched alkanes of at least 4 members (excludes halogenated alkanes) is 3. The number of piperidine rings is 1. The lowest BCUT2D eigenvalue weighted by atomic mass is 9.93. The second-order valence-corrected chi connectivity index (χ2v) is 6.70. The molecule has 0 amide bonds. The number of nitrogens with one attached hydrogen (secondary N) is 1. The predicted octanol–water partition coefficient (Wildman–Crippen LogP) is 3.98. The minimum absolute atomic E-state index is 0. The average molecular weight is 450 g/mol. The minimum atomic E-state index is 0. The number of rotatable bonds is 10. The van der Waals surface area contributed by atoms with Crippen molar-refractivity contribution < 1.29 is 0 Å². The molecule has 5 heteroatoms. The van der Waals surface area contributed by atoms with Crippen LogP contribution in [0.4, 0.5) is 0 Å². The molecule has 4 nitrogen and oxygen atoms in total. The first kappa shape index (κ1) is 23.7. The van der Waals surface area contributed by atoms with Crippen molar-refractivity contribution in [3.05, 3.63) is 12.7 Å². The molecule has 0 aromatic carbocycles. The third-order valence-electron chi connectivity index (χ3n) is 4.97. The molecule has 0 radical (unpaired) electrons. The number of hydrogen-bond donors (Lipinski definition) is 1. The normalized spacial score (nSPS) is 16.5. The summed E-state index contributed by atoms with van der Waals surface area (Å²) in [6, 6.07) is 0. The Balaban J connectivity index is 0.00000529. The van der Waals surface area contributed by atoms with Gasteiger partial charge in [0.2, 0.25) is 0 Å². The highest BCUT2D eigenvalue weighted by molar-refractivity contribution is 14.0. The lowest BCUT2D eigenvalue weighted by Gasteiger charge is -2.31. The molecule has 0 aromatic heterocycles. The minimum Gasteiger partial charge on any atom is -0.356 e. The summed E-state index contributed by atoms with van der Waals surface area (Å²) < 4.78 is 0. The third kappa shape index (κ3) is 9.87. The molecule has 0 unspecified atom stereocenters. The zero-order valence-corrected chi connectivity index (χ0v) is 18.4. The van der Waals surface area contributed by atoms with Gasteiger partial charge in [0.1, 0.15) is 0 Å². The van der Waals surface area contributed by atoms with Gasteiger partial charge in [-0.15, -0.1) is 30.6 Å². The van der Waals surface area contributed by atoms with Crippen LogP contribution in [0.1, 0.15) is 51.9 Å². The van der Waals surface area contributed by atoms with Crippen LogP contribution in [0.15, 0.2) is 17.6 Å². The van der Waals surface area contributed by atoms with E-state index in [-0.39, 0.29) is 24.0 Å². The van der Waals surface area contributed by atoms with Crippen molar-refractivity contribution in [1.29, 1.82) is 0 Å². The van der Waals surface area contributed by atoms with Gasteiger partial charge in [0.05, 0.1) is 0 Å². The van der Waals surface area contributed by atoms with E-state index in [1.807, 2.05) is 13.1 Å². The van der Waals surface area contributed by atoms with E-state index in [1.54, 1.807) is 0 Å². The maximum Gasteiger partial charge on any atom is 0.193 e. The summed E-state index contributed by atoms with van der Waals surface area (Å²) in [5.41, 5.74) is 0. The standard InChI is InChI=1S/C19H38N4.HI/c1-5-7-8-9-10-15-22(4)19(20-3)21-14-11-18-12-16-23(6-2)17-13-18;/h5,18H,1,6-17H2,2-4H3,(H,20,21);1H. The van der Waals surface area contributed by atoms with Gasteiger partial charge in [0.25, 0.3) is 0 Å². The molecular formula is C19H39IN4. The smallest absolute Gasteiger partial charge is 0.193 e. The molecule has 1 fully saturated rings. The molecule has 1 N–H and O–H groups in total. The van der Waals surface area contributed by atoms with Crippen LogP contribution in [-0.4, -0.2) is 62.6 Å². The molecule has 0 aliphatic carbocycles. The van der Waals surface area contributed by atoms with Gasteiger partial charge in [-0.05, 0) is 64.1 Å². The molecule has 142 valence electrons. The zero-order chi connectivity index (χ0) is 16.9.